The molecule has 0 aliphatic heterocycles. The van der Waals surface area contributed by atoms with E-state index in [0.717, 1.165) is 25.8 Å². The Bertz CT molecular complexity index is 282. The molecule has 90 valence electrons. The Labute approximate surface area is 97.6 Å². The van der Waals surface area contributed by atoms with E-state index in [-0.39, 0.29) is 11.8 Å². The minimum Gasteiger partial charge on any atom is -0.481 e. The van der Waals surface area contributed by atoms with E-state index in [4.69, 9.17) is 11.5 Å². The second-order valence-electron chi connectivity index (χ2n) is 5.08. The summed E-state index contributed by atoms with van der Waals surface area (Å²) in [4.78, 5) is 10.9. The van der Waals surface area contributed by atoms with Crippen LogP contribution in [0.3, 0.4) is 0 Å². The van der Waals surface area contributed by atoms with Crippen molar-refractivity contribution in [2.75, 3.05) is 13.1 Å². The predicted octanol–water partition coefficient (Wildman–Crippen LogP) is 1.88. The number of rotatable bonds is 5. The standard InChI is InChI=1S/C13H21NO2/c1-3-7-14-10-13(9-12(15)16)6-4-5-11(2)8-13/h1,11,14H,4-10H2,2H3,(H,15,16)/t11-,13+/m1/s1. The molecule has 3 nitrogen and oxygen atoms in total. The molecule has 1 rings (SSSR count). The molecule has 0 aromatic rings. The van der Waals surface area contributed by atoms with Crippen LogP contribution in [0.15, 0.2) is 0 Å². The molecule has 2 N–H and O–H groups in total. The third-order valence-corrected chi connectivity index (χ3v) is 3.44. The number of terminal acetylenes is 1. The van der Waals surface area contributed by atoms with Crippen LogP contribution in [0.5, 0.6) is 0 Å². The molecule has 0 aromatic heterocycles. The third kappa shape index (κ3) is 3.86. The van der Waals surface area contributed by atoms with Gasteiger partial charge in [0.25, 0.3) is 0 Å². The van der Waals surface area contributed by atoms with E-state index in [1.54, 1.807) is 0 Å². The van der Waals surface area contributed by atoms with Gasteiger partial charge in [-0.15, -0.1) is 6.42 Å². The molecule has 0 spiro atoms. The molecule has 2 atom stereocenters. The average molecular weight is 223 g/mol. The second kappa shape index (κ2) is 5.91. The highest BCUT2D eigenvalue weighted by molar-refractivity contribution is 5.67. The summed E-state index contributed by atoms with van der Waals surface area (Å²) >= 11 is 0. The van der Waals surface area contributed by atoms with Crippen LogP contribution in [0, 0.1) is 23.7 Å². The molecule has 0 amide bonds. The molecular formula is C13H21NO2. The van der Waals surface area contributed by atoms with Crippen molar-refractivity contribution in [3.05, 3.63) is 0 Å². The summed E-state index contributed by atoms with van der Waals surface area (Å²) in [6.45, 7) is 3.46. The molecule has 0 radical (unpaired) electrons. The number of hydrogen-bond acceptors (Lipinski definition) is 2. The summed E-state index contributed by atoms with van der Waals surface area (Å²) in [6, 6.07) is 0. The van der Waals surface area contributed by atoms with Crippen molar-refractivity contribution < 1.29 is 9.90 Å². The molecule has 1 saturated carbocycles. The second-order valence-corrected chi connectivity index (χ2v) is 5.08. The van der Waals surface area contributed by atoms with Gasteiger partial charge in [-0.25, -0.2) is 0 Å². The van der Waals surface area contributed by atoms with Gasteiger partial charge in [0, 0.05) is 6.54 Å². The summed E-state index contributed by atoms with van der Waals surface area (Å²) in [6.07, 6.45) is 9.79. The van der Waals surface area contributed by atoms with Gasteiger partial charge in [0.1, 0.15) is 0 Å². The zero-order valence-corrected chi connectivity index (χ0v) is 9.96. The molecule has 0 heterocycles. The maximum absolute atomic E-state index is 10.9. The van der Waals surface area contributed by atoms with Crippen LogP contribution in [0.25, 0.3) is 0 Å². The van der Waals surface area contributed by atoms with Gasteiger partial charge in [0.2, 0.25) is 0 Å². The summed E-state index contributed by atoms with van der Waals surface area (Å²) in [5, 5.41) is 12.2. The molecule has 1 aliphatic carbocycles. The number of carbonyl (C=O) groups is 1. The Morgan fingerprint density at radius 2 is 2.44 bits per heavy atom. The van der Waals surface area contributed by atoms with E-state index in [1.807, 2.05) is 0 Å². The molecule has 1 fully saturated rings. The van der Waals surface area contributed by atoms with Crippen molar-refractivity contribution in [1.29, 1.82) is 0 Å². The minimum atomic E-state index is -0.698. The first kappa shape index (κ1) is 13.1. The summed E-state index contributed by atoms with van der Waals surface area (Å²) in [5.74, 6) is 2.46. The smallest absolute Gasteiger partial charge is 0.303 e. The van der Waals surface area contributed by atoms with Crippen LogP contribution in [0.2, 0.25) is 0 Å². The van der Waals surface area contributed by atoms with Gasteiger partial charge in [0.05, 0.1) is 13.0 Å². The fourth-order valence-electron chi connectivity index (χ4n) is 2.87. The quantitative estimate of drug-likeness (QED) is 0.552. The molecular weight excluding hydrogens is 202 g/mol. The number of hydrogen-bond donors (Lipinski definition) is 2. The highest BCUT2D eigenvalue weighted by Crippen LogP contribution is 2.41. The molecule has 0 saturated heterocycles. The van der Waals surface area contributed by atoms with Crippen LogP contribution < -0.4 is 5.32 Å². The van der Waals surface area contributed by atoms with Crippen LogP contribution >= 0.6 is 0 Å². The third-order valence-electron chi connectivity index (χ3n) is 3.44. The lowest BCUT2D eigenvalue weighted by Gasteiger charge is -2.39. The zero-order chi connectivity index (χ0) is 12.0. The van der Waals surface area contributed by atoms with Crippen LogP contribution in [-0.2, 0) is 4.79 Å². The van der Waals surface area contributed by atoms with Crippen molar-refractivity contribution in [1.82, 2.24) is 5.32 Å². The van der Waals surface area contributed by atoms with Crippen molar-refractivity contribution >= 4 is 5.97 Å². The van der Waals surface area contributed by atoms with Gasteiger partial charge in [0.15, 0.2) is 0 Å². The van der Waals surface area contributed by atoms with Gasteiger partial charge >= 0.3 is 5.97 Å². The van der Waals surface area contributed by atoms with E-state index in [9.17, 15) is 4.79 Å². The number of aliphatic carboxylic acids is 1. The first-order valence-corrected chi connectivity index (χ1v) is 5.94. The number of carboxylic acid groups (broad SMARTS) is 1. The molecule has 0 bridgehead atoms. The largest absolute Gasteiger partial charge is 0.481 e. The molecule has 0 unspecified atom stereocenters. The predicted molar refractivity (Wildman–Crippen MR) is 64.0 cm³/mol. The van der Waals surface area contributed by atoms with Gasteiger partial charge in [-0.2, -0.15) is 0 Å². The molecule has 1 aliphatic rings. The van der Waals surface area contributed by atoms with Crippen LogP contribution in [0.4, 0.5) is 0 Å². The van der Waals surface area contributed by atoms with Crippen molar-refractivity contribution in [3.8, 4) is 12.3 Å². The maximum atomic E-state index is 10.9. The molecule has 0 aromatic carbocycles. The molecule has 16 heavy (non-hydrogen) atoms. The first-order valence-electron chi connectivity index (χ1n) is 5.94. The first-order chi connectivity index (χ1) is 7.58. The summed E-state index contributed by atoms with van der Waals surface area (Å²) < 4.78 is 0. The van der Waals surface area contributed by atoms with E-state index in [2.05, 4.69) is 18.2 Å². The average Bonchev–Trinajstić information content (AvgIpc) is 2.16. The highest BCUT2D eigenvalue weighted by atomic mass is 16.4. The monoisotopic (exact) mass is 223 g/mol. The van der Waals surface area contributed by atoms with E-state index in [1.165, 1.54) is 6.42 Å². The fraction of sp³-hybridized carbons (Fsp3) is 0.769. The van der Waals surface area contributed by atoms with Crippen molar-refractivity contribution in [2.45, 2.75) is 39.0 Å². The van der Waals surface area contributed by atoms with Crippen molar-refractivity contribution in [3.63, 3.8) is 0 Å². The van der Waals surface area contributed by atoms with Crippen molar-refractivity contribution in [2.24, 2.45) is 11.3 Å². The van der Waals surface area contributed by atoms with Crippen LogP contribution in [-0.4, -0.2) is 24.2 Å². The van der Waals surface area contributed by atoms with E-state index >= 15 is 0 Å². The van der Waals surface area contributed by atoms with Crippen LogP contribution in [0.1, 0.15) is 39.0 Å². The maximum Gasteiger partial charge on any atom is 0.303 e. The van der Waals surface area contributed by atoms with Gasteiger partial charge in [-0.05, 0) is 24.2 Å². The SMILES string of the molecule is C#CCNC[C@@]1(CC(=O)O)CCC[C@@H](C)C1. The Hall–Kier alpha value is -1.01. The summed E-state index contributed by atoms with van der Waals surface area (Å²) in [7, 11) is 0. The normalized spacial score (nSPS) is 29.6. The minimum absolute atomic E-state index is 0.0830. The van der Waals surface area contributed by atoms with E-state index in [0.29, 0.717) is 12.5 Å². The Kier molecular flexibility index (Phi) is 4.82. The summed E-state index contributed by atoms with van der Waals surface area (Å²) in [5.41, 5.74) is -0.0830. The lowest BCUT2D eigenvalue weighted by Crippen LogP contribution is -2.40. The highest BCUT2D eigenvalue weighted by Gasteiger charge is 2.36. The lowest BCUT2D eigenvalue weighted by molar-refractivity contribution is -0.140. The lowest BCUT2D eigenvalue weighted by atomic mass is 9.68. The Morgan fingerprint density at radius 3 is 3.00 bits per heavy atom. The number of carboxylic acids is 1. The van der Waals surface area contributed by atoms with Gasteiger partial charge in [-0.1, -0.05) is 25.7 Å². The topological polar surface area (TPSA) is 49.3 Å². The fourth-order valence-corrected chi connectivity index (χ4v) is 2.87. The zero-order valence-electron chi connectivity index (χ0n) is 9.96. The Morgan fingerprint density at radius 1 is 1.69 bits per heavy atom. The Balaban J connectivity index is 2.60. The van der Waals surface area contributed by atoms with Gasteiger partial charge in [-0.3, -0.25) is 4.79 Å². The van der Waals surface area contributed by atoms with E-state index < -0.39 is 5.97 Å². The van der Waals surface area contributed by atoms with Gasteiger partial charge < -0.3 is 10.4 Å². The molecule has 3 heteroatoms. The number of nitrogens with one attached hydrogen (secondary N) is 1.